The summed E-state index contributed by atoms with van der Waals surface area (Å²) in [5, 5.41) is 15.7. The standard InChI is InChI=1S/C19H22N2O4/c1-12(2)18(19(25)20-11-17(23)24)21-16(22)10-14-8-5-7-13-6-3-4-9-15(13)14/h3-9,12,18H,10-11H2,1-2H3,(H,20,25)(H,21,22)(H,23,24)/t18-/m0/s1. The normalized spacial score (nSPS) is 12.0. The van der Waals surface area contributed by atoms with E-state index in [1.807, 2.05) is 42.5 Å². The third-order valence-electron chi connectivity index (χ3n) is 3.91. The highest BCUT2D eigenvalue weighted by molar-refractivity contribution is 5.93. The highest BCUT2D eigenvalue weighted by atomic mass is 16.4. The number of benzene rings is 2. The Bertz CT molecular complexity index is 781. The molecule has 0 radical (unpaired) electrons. The lowest BCUT2D eigenvalue weighted by Gasteiger charge is -2.21. The number of fused-ring (bicyclic) bond motifs is 1. The van der Waals surface area contributed by atoms with Gasteiger partial charge in [-0.15, -0.1) is 0 Å². The molecule has 0 spiro atoms. The van der Waals surface area contributed by atoms with Gasteiger partial charge in [-0.2, -0.15) is 0 Å². The van der Waals surface area contributed by atoms with Gasteiger partial charge in [0.2, 0.25) is 11.8 Å². The highest BCUT2D eigenvalue weighted by Gasteiger charge is 2.24. The highest BCUT2D eigenvalue weighted by Crippen LogP contribution is 2.19. The molecule has 2 aromatic carbocycles. The summed E-state index contributed by atoms with van der Waals surface area (Å²) in [7, 11) is 0. The molecule has 0 unspecified atom stereocenters. The summed E-state index contributed by atoms with van der Waals surface area (Å²) in [4.78, 5) is 35.1. The molecule has 2 aromatic rings. The zero-order valence-corrected chi connectivity index (χ0v) is 14.3. The van der Waals surface area contributed by atoms with Crippen LogP contribution in [0.2, 0.25) is 0 Å². The van der Waals surface area contributed by atoms with Crippen LogP contribution in [0.1, 0.15) is 19.4 Å². The average Bonchev–Trinajstić information content (AvgIpc) is 2.57. The predicted molar refractivity (Wildman–Crippen MR) is 95.1 cm³/mol. The van der Waals surface area contributed by atoms with Gasteiger partial charge >= 0.3 is 5.97 Å². The first-order valence-electron chi connectivity index (χ1n) is 8.14. The van der Waals surface area contributed by atoms with Crippen LogP contribution in [0.4, 0.5) is 0 Å². The summed E-state index contributed by atoms with van der Waals surface area (Å²) in [5.41, 5.74) is 0.879. The van der Waals surface area contributed by atoms with Gasteiger partial charge in [0.05, 0.1) is 6.42 Å². The molecule has 6 nitrogen and oxygen atoms in total. The summed E-state index contributed by atoms with van der Waals surface area (Å²) in [5.74, 6) is -2.06. The van der Waals surface area contributed by atoms with Crippen molar-refractivity contribution in [1.82, 2.24) is 10.6 Å². The van der Waals surface area contributed by atoms with E-state index >= 15 is 0 Å². The number of carboxylic acid groups (broad SMARTS) is 1. The summed E-state index contributed by atoms with van der Waals surface area (Å²) < 4.78 is 0. The Morgan fingerprint density at radius 2 is 1.72 bits per heavy atom. The second kappa shape index (κ2) is 8.28. The van der Waals surface area contributed by atoms with Crippen molar-refractivity contribution in [3.8, 4) is 0 Å². The van der Waals surface area contributed by atoms with Crippen molar-refractivity contribution in [2.24, 2.45) is 5.92 Å². The molecule has 0 fully saturated rings. The molecule has 2 amide bonds. The van der Waals surface area contributed by atoms with Crippen molar-refractivity contribution in [3.05, 3.63) is 48.0 Å². The molecule has 0 heterocycles. The lowest BCUT2D eigenvalue weighted by atomic mass is 10.0. The molecule has 0 aromatic heterocycles. The number of amides is 2. The monoisotopic (exact) mass is 342 g/mol. The fraction of sp³-hybridized carbons (Fsp3) is 0.316. The van der Waals surface area contributed by atoms with Crippen LogP contribution in [0.25, 0.3) is 10.8 Å². The van der Waals surface area contributed by atoms with Crippen LogP contribution >= 0.6 is 0 Å². The zero-order chi connectivity index (χ0) is 18.4. The lowest BCUT2D eigenvalue weighted by molar-refractivity contribution is -0.138. The predicted octanol–water partition coefficient (Wildman–Crippen LogP) is 1.72. The van der Waals surface area contributed by atoms with Crippen molar-refractivity contribution in [1.29, 1.82) is 0 Å². The smallest absolute Gasteiger partial charge is 0.322 e. The molecule has 0 bridgehead atoms. The van der Waals surface area contributed by atoms with Crippen LogP contribution in [0.15, 0.2) is 42.5 Å². The van der Waals surface area contributed by atoms with Gasteiger partial charge < -0.3 is 15.7 Å². The van der Waals surface area contributed by atoms with Gasteiger partial charge in [0.1, 0.15) is 12.6 Å². The molecular formula is C19H22N2O4. The fourth-order valence-corrected chi connectivity index (χ4v) is 2.65. The minimum atomic E-state index is -1.13. The van der Waals surface area contributed by atoms with E-state index < -0.39 is 24.5 Å². The second-order valence-electron chi connectivity index (χ2n) is 6.22. The number of aliphatic carboxylic acids is 1. The molecule has 3 N–H and O–H groups in total. The minimum absolute atomic E-state index is 0.150. The van der Waals surface area contributed by atoms with Crippen molar-refractivity contribution in [3.63, 3.8) is 0 Å². The van der Waals surface area contributed by atoms with Gasteiger partial charge in [-0.3, -0.25) is 14.4 Å². The van der Waals surface area contributed by atoms with E-state index in [1.54, 1.807) is 13.8 Å². The van der Waals surface area contributed by atoms with E-state index in [-0.39, 0.29) is 18.2 Å². The minimum Gasteiger partial charge on any atom is -0.480 e. The summed E-state index contributed by atoms with van der Waals surface area (Å²) in [6, 6.07) is 12.8. The Balaban J connectivity index is 2.08. The van der Waals surface area contributed by atoms with Crippen molar-refractivity contribution >= 4 is 28.6 Å². The molecule has 0 saturated carbocycles. The van der Waals surface area contributed by atoms with Gasteiger partial charge in [0.15, 0.2) is 0 Å². The topological polar surface area (TPSA) is 95.5 Å². The van der Waals surface area contributed by atoms with Gasteiger partial charge in [-0.25, -0.2) is 0 Å². The molecule has 0 aliphatic carbocycles. The first-order valence-corrected chi connectivity index (χ1v) is 8.14. The molecule has 6 heteroatoms. The number of carbonyl (C=O) groups excluding carboxylic acids is 2. The maximum atomic E-state index is 12.4. The second-order valence-corrected chi connectivity index (χ2v) is 6.22. The first-order chi connectivity index (χ1) is 11.9. The largest absolute Gasteiger partial charge is 0.480 e. The molecule has 25 heavy (non-hydrogen) atoms. The molecule has 0 saturated heterocycles. The maximum Gasteiger partial charge on any atom is 0.322 e. The molecule has 0 aliphatic rings. The van der Waals surface area contributed by atoms with Crippen LogP contribution < -0.4 is 10.6 Å². The number of carboxylic acids is 1. The fourth-order valence-electron chi connectivity index (χ4n) is 2.65. The van der Waals surface area contributed by atoms with E-state index in [0.717, 1.165) is 16.3 Å². The SMILES string of the molecule is CC(C)[C@H](NC(=O)Cc1cccc2ccccc12)C(=O)NCC(=O)O. The molecule has 0 aliphatic heterocycles. The van der Waals surface area contributed by atoms with E-state index in [4.69, 9.17) is 5.11 Å². The van der Waals surface area contributed by atoms with Crippen LogP contribution in [-0.2, 0) is 20.8 Å². The molecular weight excluding hydrogens is 320 g/mol. The van der Waals surface area contributed by atoms with Crippen molar-refractivity contribution < 1.29 is 19.5 Å². The van der Waals surface area contributed by atoms with Crippen molar-refractivity contribution in [2.75, 3.05) is 6.54 Å². The van der Waals surface area contributed by atoms with Gasteiger partial charge in [0, 0.05) is 0 Å². The number of hydrogen-bond donors (Lipinski definition) is 3. The summed E-state index contributed by atoms with van der Waals surface area (Å²) >= 11 is 0. The maximum absolute atomic E-state index is 12.4. The van der Waals surface area contributed by atoms with E-state index in [9.17, 15) is 14.4 Å². The third kappa shape index (κ3) is 5.04. The van der Waals surface area contributed by atoms with Crippen LogP contribution in [0.3, 0.4) is 0 Å². The first kappa shape index (κ1) is 18.4. The lowest BCUT2D eigenvalue weighted by Crippen LogP contribution is -2.51. The molecule has 132 valence electrons. The molecule has 2 rings (SSSR count). The number of nitrogens with one attached hydrogen (secondary N) is 2. The van der Waals surface area contributed by atoms with E-state index in [2.05, 4.69) is 10.6 Å². The van der Waals surface area contributed by atoms with Crippen molar-refractivity contribution in [2.45, 2.75) is 26.3 Å². The Kier molecular flexibility index (Phi) is 6.11. The van der Waals surface area contributed by atoms with Crippen LogP contribution in [0, 0.1) is 5.92 Å². The van der Waals surface area contributed by atoms with Crippen LogP contribution in [0.5, 0.6) is 0 Å². The summed E-state index contributed by atoms with van der Waals surface area (Å²) in [6.07, 6.45) is 0.150. The quantitative estimate of drug-likeness (QED) is 0.714. The van der Waals surface area contributed by atoms with Gasteiger partial charge in [0.25, 0.3) is 0 Å². The number of rotatable bonds is 7. The van der Waals surface area contributed by atoms with E-state index in [1.165, 1.54) is 0 Å². The number of hydrogen-bond acceptors (Lipinski definition) is 3. The summed E-state index contributed by atoms with van der Waals surface area (Å²) in [6.45, 7) is 3.12. The number of carbonyl (C=O) groups is 3. The third-order valence-corrected chi connectivity index (χ3v) is 3.91. The Labute approximate surface area is 146 Å². The van der Waals surface area contributed by atoms with Crippen LogP contribution in [-0.4, -0.2) is 35.5 Å². The Morgan fingerprint density at radius 1 is 1.04 bits per heavy atom. The Hall–Kier alpha value is -2.89. The van der Waals surface area contributed by atoms with Gasteiger partial charge in [-0.1, -0.05) is 56.3 Å². The zero-order valence-electron chi connectivity index (χ0n) is 14.3. The Morgan fingerprint density at radius 3 is 2.40 bits per heavy atom. The molecule has 1 atom stereocenters. The van der Waals surface area contributed by atoms with Gasteiger partial charge in [-0.05, 0) is 22.3 Å². The average molecular weight is 342 g/mol. The van der Waals surface area contributed by atoms with E-state index in [0.29, 0.717) is 0 Å².